The Morgan fingerprint density at radius 3 is 2.60 bits per heavy atom. The Hall–Kier alpha value is -2.73. The molecular weight excluding hydrogens is 342 g/mol. The van der Waals surface area contributed by atoms with Crippen LogP contribution >= 0.6 is 11.6 Å². The molecule has 0 spiro atoms. The number of hydrogen-bond acceptors (Lipinski definition) is 6. The Balaban J connectivity index is 1.92. The van der Waals surface area contributed by atoms with Gasteiger partial charge in [0.1, 0.15) is 17.9 Å². The Bertz CT molecular complexity index is 977. The number of rotatable bonds is 3. The molecule has 2 aromatic carbocycles. The number of aromatic nitrogens is 2. The van der Waals surface area contributed by atoms with E-state index in [0.717, 1.165) is 34.4 Å². The number of ether oxygens (including phenoxy) is 2. The highest BCUT2D eigenvalue weighted by Gasteiger charge is 2.26. The Morgan fingerprint density at radius 1 is 1.08 bits per heavy atom. The van der Waals surface area contributed by atoms with Gasteiger partial charge in [0, 0.05) is 28.6 Å². The number of aromatic hydroxyl groups is 1. The summed E-state index contributed by atoms with van der Waals surface area (Å²) in [6.07, 6.45) is 2.24. The molecule has 0 amide bonds. The first-order chi connectivity index (χ1) is 12.1. The molecule has 0 saturated heterocycles. The minimum absolute atomic E-state index is 0.211. The maximum atomic E-state index is 10.2. The predicted octanol–water partition coefficient (Wildman–Crippen LogP) is 3.70. The number of nitrogens with zero attached hydrogens (tertiary/aromatic N) is 3. The molecule has 1 aliphatic rings. The van der Waals surface area contributed by atoms with Gasteiger partial charge in [0.15, 0.2) is 11.5 Å². The zero-order chi connectivity index (χ0) is 17.6. The molecule has 1 N–H and O–H groups in total. The highest BCUT2D eigenvalue weighted by molar-refractivity contribution is 6.31. The number of hydrogen-bond donors (Lipinski definition) is 1. The summed E-state index contributed by atoms with van der Waals surface area (Å²) in [6, 6.07) is 7.10. The first-order valence-electron chi connectivity index (χ1n) is 7.78. The fourth-order valence-electron chi connectivity index (χ4n) is 3.25. The number of phenols is 1. The van der Waals surface area contributed by atoms with Crippen molar-refractivity contribution in [1.29, 1.82) is 0 Å². The maximum Gasteiger partial charge on any atom is 0.162 e. The summed E-state index contributed by atoms with van der Waals surface area (Å²) < 4.78 is 10.8. The second-order valence-corrected chi connectivity index (χ2v) is 6.18. The number of halogens is 1. The fourth-order valence-corrected chi connectivity index (χ4v) is 3.46. The van der Waals surface area contributed by atoms with Gasteiger partial charge in [-0.1, -0.05) is 11.6 Å². The SMILES string of the molecule is COc1cc2ncnc(N3CCc4c(O)cc(Cl)cc43)c2cc1OC. The summed E-state index contributed by atoms with van der Waals surface area (Å²) in [6.45, 7) is 0.698. The average Bonchev–Trinajstić information content (AvgIpc) is 3.03. The van der Waals surface area contributed by atoms with Crippen LogP contribution in [0.5, 0.6) is 17.2 Å². The van der Waals surface area contributed by atoms with Gasteiger partial charge in [-0.3, -0.25) is 0 Å². The lowest BCUT2D eigenvalue weighted by Gasteiger charge is -2.21. The van der Waals surface area contributed by atoms with Crippen molar-refractivity contribution in [1.82, 2.24) is 9.97 Å². The molecule has 2 heterocycles. The summed E-state index contributed by atoms with van der Waals surface area (Å²) in [5.41, 5.74) is 2.48. The van der Waals surface area contributed by atoms with E-state index in [-0.39, 0.29) is 5.75 Å². The van der Waals surface area contributed by atoms with E-state index in [9.17, 15) is 5.11 Å². The molecule has 0 atom stereocenters. The second-order valence-electron chi connectivity index (χ2n) is 5.75. The molecule has 25 heavy (non-hydrogen) atoms. The van der Waals surface area contributed by atoms with Crippen molar-refractivity contribution in [3.63, 3.8) is 0 Å². The van der Waals surface area contributed by atoms with E-state index in [0.29, 0.717) is 23.1 Å². The van der Waals surface area contributed by atoms with Gasteiger partial charge in [-0.05, 0) is 24.6 Å². The smallest absolute Gasteiger partial charge is 0.162 e. The number of benzene rings is 2. The van der Waals surface area contributed by atoms with Crippen LogP contribution in [0.1, 0.15) is 5.56 Å². The van der Waals surface area contributed by atoms with E-state index in [1.807, 2.05) is 23.1 Å². The highest BCUT2D eigenvalue weighted by atomic mass is 35.5. The molecule has 0 unspecified atom stereocenters. The van der Waals surface area contributed by atoms with Crippen LogP contribution in [0.4, 0.5) is 11.5 Å². The molecule has 1 aliphatic heterocycles. The molecular formula is C18H16ClN3O3. The van der Waals surface area contributed by atoms with Crippen LogP contribution in [0, 0.1) is 0 Å². The molecule has 128 valence electrons. The van der Waals surface area contributed by atoms with Gasteiger partial charge in [0.2, 0.25) is 0 Å². The van der Waals surface area contributed by atoms with E-state index in [1.54, 1.807) is 20.3 Å². The summed E-state index contributed by atoms with van der Waals surface area (Å²) in [5, 5.41) is 11.5. The molecule has 4 rings (SSSR count). The number of fused-ring (bicyclic) bond motifs is 2. The summed E-state index contributed by atoms with van der Waals surface area (Å²) in [7, 11) is 3.18. The Morgan fingerprint density at radius 2 is 1.84 bits per heavy atom. The monoisotopic (exact) mass is 357 g/mol. The van der Waals surface area contributed by atoms with Crippen LogP contribution in [0.15, 0.2) is 30.6 Å². The van der Waals surface area contributed by atoms with Crippen LogP contribution in [0.25, 0.3) is 10.9 Å². The van der Waals surface area contributed by atoms with Crippen molar-refractivity contribution in [2.24, 2.45) is 0 Å². The van der Waals surface area contributed by atoms with Crippen LogP contribution in [0.3, 0.4) is 0 Å². The van der Waals surface area contributed by atoms with Crippen molar-refractivity contribution in [2.75, 3.05) is 25.7 Å². The molecule has 0 aliphatic carbocycles. The molecule has 6 nitrogen and oxygen atoms in total. The van der Waals surface area contributed by atoms with Crippen molar-refractivity contribution in [3.05, 3.63) is 41.2 Å². The van der Waals surface area contributed by atoms with Gasteiger partial charge in [-0.2, -0.15) is 0 Å². The molecule has 3 aromatic rings. The molecule has 0 bridgehead atoms. The van der Waals surface area contributed by atoms with Crippen molar-refractivity contribution in [3.8, 4) is 17.2 Å². The van der Waals surface area contributed by atoms with E-state index in [2.05, 4.69) is 9.97 Å². The van der Waals surface area contributed by atoms with Crippen molar-refractivity contribution < 1.29 is 14.6 Å². The van der Waals surface area contributed by atoms with Gasteiger partial charge in [-0.25, -0.2) is 9.97 Å². The van der Waals surface area contributed by atoms with Crippen LogP contribution in [0.2, 0.25) is 5.02 Å². The van der Waals surface area contributed by atoms with Crippen molar-refractivity contribution >= 4 is 34.0 Å². The number of phenolic OH excluding ortho intramolecular Hbond substituents is 1. The van der Waals surface area contributed by atoms with E-state index in [4.69, 9.17) is 21.1 Å². The van der Waals surface area contributed by atoms with Gasteiger partial charge in [-0.15, -0.1) is 0 Å². The lowest BCUT2D eigenvalue weighted by Crippen LogP contribution is -2.15. The third-order valence-corrected chi connectivity index (χ3v) is 4.64. The van der Waals surface area contributed by atoms with Crippen LogP contribution in [-0.4, -0.2) is 35.8 Å². The zero-order valence-corrected chi connectivity index (χ0v) is 14.5. The summed E-state index contributed by atoms with van der Waals surface area (Å²) in [4.78, 5) is 10.8. The van der Waals surface area contributed by atoms with Gasteiger partial charge >= 0.3 is 0 Å². The first kappa shape index (κ1) is 15.8. The quantitative estimate of drug-likeness (QED) is 0.771. The predicted molar refractivity (Wildman–Crippen MR) is 96.5 cm³/mol. The van der Waals surface area contributed by atoms with Crippen LogP contribution < -0.4 is 14.4 Å². The normalized spacial score (nSPS) is 13.2. The summed E-state index contributed by atoms with van der Waals surface area (Å²) >= 11 is 6.13. The Labute approximate surface area is 149 Å². The van der Waals surface area contributed by atoms with E-state index >= 15 is 0 Å². The number of methoxy groups -OCH3 is 2. The molecule has 7 heteroatoms. The Kier molecular flexibility index (Phi) is 3.77. The molecule has 0 fully saturated rings. The first-order valence-corrected chi connectivity index (χ1v) is 8.16. The molecule has 1 aromatic heterocycles. The number of anilines is 2. The van der Waals surface area contributed by atoms with E-state index < -0.39 is 0 Å². The minimum atomic E-state index is 0.211. The second kappa shape index (κ2) is 5.97. The largest absolute Gasteiger partial charge is 0.508 e. The standard InChI is InChI=1S/C18H16ClN3O3/c1-24-16-7-12-13(8-17(16)25-2)20-9-21-18(12)22-4-3-11-14(22)5-10(19)6-15(11)23/h5-9,23H,3-4H2,1-2H3. The lowest BCUT2D eigenvalue weighted by molar-refractivity contribution is 0.356. The lowest BCUT2D eigenvalue weighted by atomic mass is 10.1. The van der Waals surface area contributed by atoms with E-state index in [1.165, 1.54) is 6.33 Å². The topological polar surface area (TPSA) is 67.7 Å². The molecule has 0 saturated carbocycles. The average molecular weight is 358 g/mol. The molecule has 0 radical (unpaired) electrons. The summed E-state index contributed by atoms with van der Waals surface area (Å²) in [5.74, 6) is 2.18. The third kappa shape index (κ3) is 2.49. The van der Waals surface area contributed by atoms with Crippen LogP contribution in [-0.2, 0) is 6.42 Å². The fraction of sp³-hybridized carbons (Fsp3) is 0.222. The highest BCUT2D eigenvalue weighted by Crippen LogP contribution is 2.43. The maximum absolute atomic E-state index is 10.2. The van der Waals surface area contributed by atoms with Crippen molar-refractivity contribution in [2.45, 2.75) is 6.42 Å². The third-order valence-electron chi connectivity index (χ3n) is 4.42. The van der Waals surface area contributed by atoms with Gasteiger partial charge < -0.3 is 19.5 Å². The minimum Gasteiger partial charge on any atom is -0.508 e. The van der Waals surface area contributed by atoms with Gasteiger partial charge in [0.25, 0.3) is 0 Å². The van der Waals surface area contributed by atoms with Gasteiger partial charge in [0.05, 0.1) is 25.4 Å². The zero-order valence-electron chi connectivity index (χ0n) is 13.8.